The molecule has 1 N–H and O–H groups in total. The number of amides is 1. The number of hydrogen-bond donors (Lipinski definition) is 1. The van der Waals surface area contributed by atoms with Gasteiger partial charge in [-0.1, -0.05) is 35.5 Å². The number of aromatic nitrogens is 3. The highest BCUT2D eigenvalue weighted by molar-refractivity contribution is 6.03. The Balaban J connectivity index is 1.46. The van der Waals surface area contributed by atoms with E-state index in [0.717, 1.165) is 29.8 Å². The molecule has 0 bridgehead atoms. The van der Waals surface area contributed by atoms with Crippen LogP contribution in [-0.2, 0) is 16.1 Å². The van der Waals surface area contributed by atoms with Gasteiger partial charge in [-0.25, -0.2) is 4.68 Å². The van der Waals surface area contributed by atoms with E-state index < -0.39 is 0 Å². The smallest absolute Gasteiger partial charge is 0.278 e. The molecule has 1 heterocycles. The average molecular weight is 406 g/mol. The molecule has 2 aromatic carbocycles. The second-order valence-electron chi connectivity index (χ2n) is 7.25. The minimum absolute atomic E-state index is 0.242. The number of nitrogens with zero attached hydrogens (tertiary/aromatic N) is 3. The number of nitrogens with one attached hydrogen (secondary N) is 1. The number of hydrogen-bond acceptors (Lipinski definition) is 5. The van der Waals surface area contributed by atoms with Crippen molar-refractivity contribution in [3.8, 4) is 5.69 Å². The molecule has 1 fully saturated rings. The summed E-state index contributed by atoms with van der Waals surface area (Å²) in [6.07, 6.45) is 2.10. The molecule has 3 aromatic rings. The van der Waals surface area contributed by atoms with Crippen LogP contribution >= 0.6 is 0 Å². The zero-order chi connectivity index (χ0) is 20.8. The number of benzene rings is 2. The van der Waals surface area contributed by atoms with Crippen molar-refractivity contribution in [1.82, 2.24) is 15.0 Å². The molecule has 0 radical (unpaired) electrons. The highest BCUT2D eigenvalue weighted by atomic mass is 16.5. The summed E-state index contributed by atoms with van der Waals surface area (Å²) in [7, 11) is 0. The summed E-state index contributed by atoms with van der Waals surface area (Å²) in [5.41, 5.74) is 3.88. The van der Waals surface area contributed by atoms with Crippen LogP contribution in [0.15, 0.2) is 54.6 Å². The lowest BCUT2D eigenvalue weighted by Crippen LogP contribution is -2.15. The van der Waals surface area contributed by atoms with Crippen LogP contribution < -0.4 is 5.32 Å². The molecule has 7 nitrogen and oxygen atoms in total. The van der Waals surface area contributed by atoms with E-state index in [1.165, 1.54) is 0 Å². The lowest BCUT2D eigenvalue weighted by Gasteiger charge is -2.09. The minimum Gasteiger partial charge on any atom is -0.379 e. The topological polar surface area (TPSA) is 78.3 Å². The number of ether oxygens (including phenoxy) is 2. The first kappa shape index (κ1) is 20.3. The maximum atomic E-state index is 13.0. The van der Waals surface area contributed by atoms with E-state index in [2.05, 4.69) is 15.6 Å². The third-order valence-electron chi connectivity index (χ3n) is 4.91. The van der Waals surface area contributed by atoms with Crippen molar-refractivity contribution >= 4 is 11.6 Å². The first-order valence-electron chi connectivity index (χ1n) is 10.3. The standard InChI is InChI=1S/C23H26N4O3/c1-2-29-13-14-30-16-17-7-6-8-19(15-17)24-23(28)21-22(18-11-12-18)27(26-25-21)20-9-4-3-5-10-20/h3-10,15,18H,2,11-14,16H2,1H3,(H,24,28). The highest BCUT2D eigenvalue weighted by Gasteiger charge is 2.34. The third kappa shape index (κ3) is 4.93. The van der Waals surface area contributed by atoms with Gasteiger partial charge < -0.3 is 14.8 Å². The summed E-state index contributed by atoms with van der Waals surface area (Å²) in [6.45, 7) is 4.22. The van der Waals surface area contributed by atoms with E-state index >= 15 is 0 Å². The van der Waals surface area contributed by atoms with Crippen molar-refractivity contribution in [2.24, 2.45) is 0 Å². The van der Waals surface area contributed by atoms with E-state index in [1.807, 2.05) is 61.5 Å². The predicted octanol–water partition coefficient (Wildman–Crippen LogP) is 3.95. The second-order valence-corrected chi connectivity index (χ2v) is 7.25. The van der Waals surface area contributed by atoms with Crippen LogP contribution in [-0.4, -0.2) is 40.7 Å². The van der Waals surface area contributed by atoms with Crippen LogP contribution in [0.3, 0.4) is 0 Å². The van der Waals surface area contributed by atoms with E-state index in [4.69, 9.17) is 9.47 Å². The molecule has 0 aliphatic heterocycles. The molecule has 0 saturated heterocycles. The number of carbonyl (C=O) groups excluding carboxylic acids is 1. The fourth-order valence-electron chi connectivity index (χ4n) is 3.32. The normalized spacial score (nSPS) is 13.4. The zero-order valence-electron chi connectivity index (χ0n) is 17.1. The monoisotopic (exact) mass is 406 g/mol. The highest BCUT2D eigenvalue weighted by Crippen LogP contribution is 2.42. The van der Waals surface area contributed by atoms with Crippen LogP contribution in [0, 0.1) is 0 Å². The fourth-order valence-corrected chi connectivity index (χ4v) is 3.32. The van der Waals surface area contributed by atoms with Crippen molar-refractivity contribution in [2.45, 2.75) is 32.3 Å². The Hall–Kier alpha value is -3.03. The molecule has 4 rings (SSSR count). The molecule has 1 amide bonds. The second kappa shape index (κ2) is 9.65. The van der Waals surface area contributed by atoms with Gasteiger partial charge in [0.2, 0.25) is 0 Å². The fraction of sp³-hybridized carbons (Fsp3) is 0.348. The molecule has 7 heteroatoms. The quantitative estimate of drug-likeness (QED) is 0.516. The molecule has 1 aliphatic carbocycles. The minimum atomic E-state index is -0.242. The average Bonchev–Trinajstić information content (AvgIpc) is 3.52. The van der Waals surface area contributed by atoms with Crippen LogP contribution in [0.2, 0.25) is 0 Å². The van der Waals surface area contributed by atoms with Gasteiger partial charge in [0, 0.05) is 18.2 Å². The zero-order valence-corrected chi connectivity index (χ0v) is 17.1. The summed E-state index contributed by atoms with van der Waals surface area (Å²) in [5.74, 6) is 0.0829. The van der Waals surface area contributed by atoms with Crippen LogP contribution in [0.4, 0.5) is 5.69 Å². The van der Waals surface area contributed by atoms with E-state index in [-0.39, 0.29) is 5.91 Å². The van der Waals surface area contributed by atoms with E-state index in [0.29, 0.717) is 43.7 Å². The molecule has 1 aromatic heterocycles. The van der Waals surface area contributed by atoms with Gasteiger partial charge in [-0.2, -0.15) is 0 Å². The lowest BCUT2D eigenvalue weighted by atomic mass is 10.2. The lowest BCUT2D eigenvalue weighted by molar-refractivity contribution is 0.0453. The number of carbonyl (C=O) groups is 1. The number of para-hydroxylation sites is 1. The summed E-state index contributed by atoms with van der Waals surface area (Å²) in [5, 5.41) is 11.4. The Kier molecular flexibility index (Phi) is 6.51. The van der Waals surface area contributed by atoms with E-state index in [1.54, 1.807) is 4.68 Å². The van der Waals surface area contributed by atoms with Crippen molar-refractivity contribution in [2.75, 3.05) is 25.1 Å². The maximum absolute atomic E-state index is 13.0. The van der Waals surface area contributed by atoms with Gasteiger partial charge in [0.25, 0.3) is 5.91 Å². The maximum Gasteiger partial charge on any atom is 0.278 e. The van der Waals surface area contributed by atoms with Gasteiger partial charge >= 0.3 is 0 Å². The Morgan fingerprint density at radius 1 is 1.10 bits per heavy atom. The van der Waals surface area contributed by atoms with Crippen LogP contribution in [0.1, 0.15) is 47.4 Å². The van der Waals surface area contributed by atoms with Gasteiger partial charge in [-0.3, -0.25) is 4.79 Å². The Labute approximate surface area is 176 Å². The Morgan fingerprint density at radius 3 is 2.67 bits per heavy atom. The van der Waals surface area contributed by atoms with Crippen molar-refractivity contribution in [3.63, 3.8) is 0 Å². The largest absolute Gasteiger partial charge is 0.379 e. The van der Waals surface area contributed by atoms with Crippen molar-refractivity contribution < 1.29 is 14.3 Å². The summed E-state index contributed by atoms with van der Waals surface area (Å²) < 4.78 is 12.7. The molecule has 156 valence electrons. The first-order valence-corrected chi connectivity index (χ1v) is 10.3. The van der Waals surface area contributed by atoms with Gasteiger partial charge in [0.05, 0.1) is 31.2 Å². The summed E-state index contributed by atoms with van der Waals surface area (Å²) in [4.78, 5) is 13.0. The van der Waals surface area contributed by atoms with Gasteiger partial charge in [0.1, 0.15) is 0 Å². The van der Waals surface area contributed by atoms with Crippen LogP contribution in [0.5, 0.6) is 0 Å². The molecule has 0 spiro atoms. The van der Waals surface area contributed by atoms with Gasteiger partial charge in [0.15, 0.2) is 5.69 Å². The van der Waals surface area contributed by atoms with Crippen LogP contribution in [0.25, 0.3) is 5.69 Å². The first-order chi connectivity index (χ1) is 14.8. The van der Waals surface area contributed by atoms with E-state index in [9.17, 15) is 4.79 Å². The van der Waals surface area contributed by atoms with Crippen molar-refractivity contribution in [1.29, 1.82) is 0 Å². The SMILES string of the molecule is CCOCCOCc1cccc(NC(=O)c2nnn(-c3ccccc3)c2C2CC2)c1. The summed E-state index contributed by atoms with van der Waals surface area (Å²) >= 11 is 0. The Morgan fingerprint density at radius 2 is 1.90 bits per heavy atom. The number of rotatable bonds is 10. The molecule has 1 aliphatic rings. The Bertz CT molecular complexity index is 983. The van der Waals surface area contributed by atoms with Gasteiger partial charge in [-0.15, -0.1) is 5.10 Å². The molecule has 1 saturated carbocycles. The third-order valence-corrected chi connectivity index (χ3v) is 4.91. The molecular weight excluding hydrogens is 380 g/mol. The molecule has 0 unspecified atom stereocenters. The molecular formula is C23H26N4O3. The molecule has 30 heavy (non-hydrogen) atoms. The van der Waals surface area contributed by atoms with Gasteiger partial charge in [-0.05, 0) is 49.6 Å². The van der Waals surface area contributed by atoms with Crippen molar-refractivity contribution in [3.05, 3.63) is 71.5 Å². The number of anilines is 1. The summed E-state index contributed by atoms with van der Waals surface area (Å²) in [6, 6.07) is 17.5. The predicted molar refractivity (Wildman–Crippen MR) is 114 cm³/mol. The molecule has 0 atom stereocenters.